The van der Waals surface area contributed by atoms with Crippen LogP contribution in [0.4, 0.5) is 13.2 Å². The quantitative estimate of drug-likeness (QED) is 0.587. The van der Waals surface area contributed by atoms with E-state index < -0.39 is 21.8 Å². The molecule has 0 saturated carbocycles. The molecule has 0 aliphatic carbocycles. The number of aromatic nitrogens is 2. The number of benzene rings is 2. The van der Waals surface area contributed by atoms with Crippen molar-refractivity contribution in [2.24, 2.45) is 0 Å². The Balaban J connectivity index is 1.40. The first kappa shape index (κ1) is 22.0. The molecular weight excluding hydrogens is 449 g/mol. The van der Waals surface area contributed by atoms with Crippen LogP contribution >= 0.6 is 0 Å². The molecule has 0 bridgehead atoms. The first-order valence-electron chi connectivity index (χ1n) is 9.49. The Kier molecular flexibility index (Phi) is 5.73. The van der Waals surface area contributed by atoms with Gasteiger partial charge in [0.05, 0.1) is 10.5 Å². The highest BCUT2D eigenvalue weighted by molar-refractivity contribution is 7.89. The molecule has 1 aromatic heterocycles. The number of hydrogen-bond donors (Lipinski definition) is 0. The summed E-state index contributed by atoms with van der Waals surface area (Å²) in [6.07, 6.45) is -3.34. The van der Waals surface area contributed by atoms with Crippen molar-refractivity contribution in [3.8, 4) is 11.5 Å². The average Bonchev–Trinajstić information content (AvgIpc) is 3.33. The molecule has 168 valence electrons. The van der Waals surface area contributed by atoms with Gasteiger partial charge in [-0.25, -0.2) is 8.42 Å². The van der Waals surface area contributed by atoms with Gasteiger partial charge in [-0.3, -0.25) is 4.79 Å². The number of hydrogen-bond acceptors (Lipinski definition) is 6. The van der Waals surface area contributed by atoms with Gasteiger partial charge >= 0.3 is 6.18 Å². The Hall–Kier alpha value is -3.25. The molecule has 0 atom stereocenters. The van der Waals surface area contributed by atoms with Gasteiger partial charge in [0.1, 0.15) is 0 Å². The van der Waals surface area contributed by atoms with Crippen LogP contribution in [0.3, 0.4) is 0 Å². The summed E-state index contributed by atoms with van der Waals surface area (Å²) >= 11 is 0. The summed E-state index contributed by atoms with van der Waals surface area (Å²) in [7, 11) is -3.96. The van der Waals surface area contributed by atoms with Crippen molar-refractivity contribution >= 4 is 15.9 Å². The summed E-state index contributed by atoms with van der Waals surface area (Å²) in [6.45, 7) is 0.387. The predicted octanol–water partition coefficient (Wildman–Crippen LogP) is 2.90. The summed E-state index contributed by atoms with van der Waals surface area (Å²) in [5.41, 5.74) is 0.163. The minimum atomic E-state index is -4.54. The fourth-order valence-electron chi connectivity index (χ4n) is 3.33. The third-order valence-electron chi connectivity index (χ3n) is 5.08. The van der Waals surface area contributed by atoms with Gasteiger partial charge in [-0.1, -0.05) is 0 Å². The Labute approximate surface area is 181 Å². The lowest BCUT2D eigenvalue weighted by atomic mass is 10.1. The van der Waals surface area contributed by atoms with Gasteiger partial charge in [0.15, 0.2) is 0 Å². The maximum Gasteiger partial charge on any atom is 0.416 e. The van der Waals surface area contributed by atoms with E-state index in [4.69, 9.17) is 4.42 Å². The van der Waals surface area contributed by atoms with E-state index in [0.717, 1.165) is 28.6 Å². The van der Waals surface area contributed by atoms with Crippen LogP contribution < -0.4 is 0 Å². The van der Waals surface area contributed by atoms with Gasteiger partial charge < -0.3 is 9.32 Å². The third kappa shape index (κ3) is 4.36. The van der Waals surface area contributed by atoms with Gasteiger partial charge in [-0.2, -0.15) is 17.5 Å². The number of alkyl halides is 3. The number of carbonyl (C=O) groups excluding carboxylic acids is 1. The molecule has 0 unspecified atom stereocenters. The molecule has 1 aliphatic rings. The Morgan fingerprint density at radius 2 is 1.56 bits per heavy atom. The maximum atomic E-state index is 12.8. The van der Waals surface area contributed by atoms with Crippen molar-refractivity contribution in [3.05, 3.63) is 66.1 Å². The lowest BCUT2D eigenvalue weighted by molar-refractivity contribution is -0.137. The first-order chi connectivity index (χ1) is 15.2. The second-order valence-electron chi connectivity index (χ2n) is 7.04. The van der Waals surface area contributed by atoms with Crippen LogP contribution in [0.5, 0.6) is 0 Å². The topological polar surface area (TPSA) is 96.6 Å². The van der Waals surface area contributed by atoms with Crippen molar-refractivity contribution in [1.29, 1.82) is 0 Å². The van der Waals surface area contributed by atoms with E-state index in [1.165, 1.54) is 11.3 Å². The Morgan fingerprint density at radius 3 is 2.09 bits per heavy atom. The minimum Gasteiger partial charge on any atom is -0.423 e. The fourth-order valence-corrected chi connectivity index (χ4v) is 4.76. The number of rotatable bonds is 4. The normalized spacial score (nSPS) is 15.7. The Bertz CT molecular complexity index is 1190. The minimum absolute atomic E-state index is 0.0369. The summed E-state index contributed by atoms with van der Waals surface area (Å²) in [4.78, 5) is 14.1. The van der Waals surface area contributed by atoms with E-state index in [2.05, 4.69) is 10.2 Å². The number of nitrogens with zero attached hydrogens (tertiary/aromatic N) is 4. The van der Waals surface area contributed by atoms with Crippen molar-refractivity contribution in [2.45, 2.75) is 11.1 Å². The van der Waals surface area contributed by atoms with Crippen molar-refractivity contribution in [3.63, 3.8) is 0 Å². The standard InChI is InChI=1S/C20H17F3N4O4S/c21-20(22,23)16-5-7-17(8-6-16)32(29,30)27-11-9-26(10-12-27)19(28)15-3-1-14(2-4-15)18-25-24-13-31-18/h1-8,13H,9-12H2. The van der Waals surface area contributed by atoms with Gasteiger partial charge in [0, 0.05) is 37.3 Å². The molecule has 4 rings (SSSR count). The molecule has 32 heavy (non-hydrogen) atoms. The summed E-state index contributed by atoms with van der Waals surface area (Å²) in [5.74, 6) is 0.0692. The smallest absolute Gasteiger partial charge is 0.416 e. The van der Waals surface area contributed by atoms with Crippen LogP contribution in [0.2, 0.25) is 0 Å². The first-order valence-corrected chi connectivity index (χ1v) is 10.9. The number of sulfonamides is 1. The zero-order chi connectivity index (χ0) is 22.9. The number of amides is 1. The fraction of sp³-hybridized carbons (Fsp3) is 0.250. The maximum absolute atomic E-state index is 12.8. The lowest BCUT2D eigenvalue weighted by Gasteiger charge is -2.34. The van der Waals surface area contributed by atoms with E-state index in [9.17, 15) is 26.4 Å². The Morgan fingerprint density at radius 1 is 0.938 bits per heavy atom. The summed E-state index contributed by atoms with van der Waals surface area (Å²) in [6, 6.07) is 9.95. The molecule has 8 nitrogen and oxygen atoms in total. The van der Waals surface area contributed by atoms with Gasteiger partial charge in [0.25, 0.3) is 5.91 Å². The van der Waals surface area contributed by atoms with Gasteiger partial charge in [0.2, 0.25) is 22.3 Å². The molecule has 3 aromatic rings. The second-order valence-corrected chi connectivity index (χ2v) is 8.98. The molecule has 12 heteroatoms. The monoisotopic (exact) mass is 466 g/mol. The SMILES string of the molecule is O=C(c1ccc(-c2nnco2)cc1)N1CCN(S(=O)(=O)c2ccc(C(F)(F)F)cc2)CC1. The molecule has 1 saturated heterocycles. The van der Waals surface area contributed by atoms with Crippen LogP contribution in [0, 0.1) is 0 Å². The number of halogens is 3. The van der Waals surface area contributed by atoms with Crippen LogP contribution in [0.15, 0.2) is 64.2 Å². The number of carbonyl (C=O) groups is 1. The van der Waals surface area contributed by atoms with Crippen molar-refractivity contribution < 1.29 is 30.8 Å². The van der Waals surface area contributed by atoms with Crippen LogP contribution in [0.1, 0.15) is 15.9 Å². The van der Waals surface area contributed by atoms with Crippen LogP contribution in [-0.2, 0) is 16.2 Å². The molecule has 1 fully saturated rings. The summed E-state index contributed by atoms with van der Waals surface area (Å²) in [5, 5.41) is 7.39. The zero-order valence-corrected chi connectivity index (χ0v) is 17.3. The highest BCUT2D eigenvalue weighted by Crippen LogP contribution is 2.30. The average molecular weight is 466 g/mol. The van der Waals surface area contributed by atoms with Gasteiger partial charge in [-0.15, -0.1) is 10.2 Å². The largest absolute Gasteiger partial charge is 0.423 e. The molecular formula is C20H17F3N4O4S. The summed E-state index contributed by atoms with van der Waals surface area (Å²) < 4.78 is 69.9. The molecule has 0 N–H and O–H groups in total. The molecule has 0 spiro atoms. The molecule has 0 radical (unpaired) electrons. The van der Waals surface area contributed by atoms with Gasteiger partial charge in [-0.05, 0) is 48.5 Å². The highest BCUT2D eigenvalue weighted by atomic mass is 32.2. The van der Waals surface area contributed by atoms with E-state index in [0.29, 0.717) is 17.0 Å². The van der Waals surface area contributed by atoms with E-state index in [1.54, 1.807) is 24.3 Å². The zero-order valence-electron chi connectivity index (χ0n) is 16.5. The van der Waals surface area contributed by atoms with Crippen molar-refractivity contribution in [1.82, 2.24) is 19.4 Å². The predicted molar refractivity (Wildman–Crippen MR) is 106 cm³/mol. The van der Waals surface area contributed by atoms with E-state index in [-0.39, 0.29) is 37.0 Å². The van der Waals surface area contributed by atoms with E-state index >= 15 is 0 Å². The molecule has 2 heterocycles. The van der Waals surface area contributed by atoms with Crippen LogP contribution in [0.25, 0.3) is 11.5 Å². The number of piperazine rings is 1. The lowest BCUT2D eigenvalue weighted by Crippen LogP contribution is -2.50. The van der Waals surface area contributed by atoms with Crippen molar-refractivity contribution in [2.75, 3.05) is 26.2 Å². The third-order valence-corrected chi connectivity index (χ3v) is 7.00. The molecule has 1 amide bonds. The van der Waals surface area contributed by atoms with Crippen LogP contribution in [-0.4, -0.2) is 59.9 Å². The molecule has 2 aromatic carbocycles. The van der Waals surface area contributed by atoms with E-state index in [1.807, 2.05) is 0 Å². The molecule has 1 aliphatic heterocycles. The second kappa shape index (κ2) is 8.36. The highest BCUT2D eigenvalue weighted by Gasteiger charge is 2.33.